The molecule has 1 aliphatic rings. The van der Waals surface area contributed by atoms with Gasteiger partial charge < -0.3 is 9.84 Å². The number of hydrogen-bond donors (Lipinski definition) is 1. The van der Waals surface area contributed by atoms with Gasteiger partial charge in [-0.25, -0.2) is 0 Å². The third kappa shape index (κ3) is 5.56. The number of carbonyl (C=O) groups is 1. The van der Waals surface area contributed by atoms with Crippen molar-refractivity contribution in [3.63, 3.8) is 0 Å². The molecule has 0 saturated carbocycles. The molecule has 142 valence electrons. The number of rotatable bonds is 6. The van der Waals surface area contributed by atoms with Crippen LogP contribution in [0.2, 0.25) is 10.0 Å². The predicted octanol–water partition coefficient (Wildman–Crippen LogP) is 5.01. The van der Waals surface area contributed by atoms with Crippen molar-refractivity contribution >= 4 is 41.3 Å². The third-order valence-electron chi connectivity index (χ3n) is 4.54. The first-order chi connectivity index (χ1) is 13.0. The molecular formula is C21H21Cl2NO3. The number of carboxylic acids is 1. The number of aliphatic carboxylic acids is 1. The molecule has 1 fully saturated rings. The van der Waals surface area contributed by atoms with Gasteiger partial charge in [-0.1, -0.05) is 65.7 Å². The van der Waals surface area contributed by atoms with Crippen molar-refractivity contribution in [3.8, 4) is 0 Å². The number of hydrogen-bond acceptors (Lipinski definition) is 3. The highest BCUT2D eigenvalue weighted by Crippen LogP contribution is 2.27. The normalized spacial score (nSPS) is 18.1. The fraction of sp³-hybridized carbons (Fsp3) is 0.286. The molecule has 1 unspecified atom stereocenters. The number of carboxylic acid groups (broad SMARTS) is 1. The second-order valence-corrected chi connectivity index (χ2v) is 7.25. The molecule has 1 heterocycles. The van der Waals surface area contributed by atoms with Gasteiger partial charge in [0, 0.05) is 35.2 Å². The van der Waals surface area contributed by atoms with Gasteiger partial charge in [-0.05, 0) is 23.3 Å². The van der Waals surface area contributed by atoms with Crippen LogP contribution in [-0.4, -0.2) is 42.2 Å². The molecule has 3 rings (SSSR count). The van der Waals surface area contributed by atoms with Gasteiger partial charge in [-0.2, -0.15) is 0 Å². The number of benzene rings is 2. The van der Waals surface area contributed by atoms with Crippen LogP contribution in [-0.2, 0) is 9.53 Å². The summed E-state index contributed by atoms with van der Waals surface area (Å²) in [7, 11) is 0. The average Bonchev–Trinajstić information content (AvgIpc) is 2.67. The van der Waals surface area contributed by atoms with Crippen molar-refractivity contribution in [2.24, 2.45) is 0 Å². The van der Waals surface area contributed by atoms with Crippen LogP contribution in [0.15, 0.2) is 42.5 Å². The zero-order valence-electron chi connectivity index (χ0n) is 14.8. The van der Waals surface area contributed by atoms with Gasteiger partial charge in [-0.15, -0.1) is 0 Å². The smallest absolute Gasteiger partial charge is 0.304 e. The van der Waals surface area contributed by atoms with Gasteiger partial charge >= 0.3 is 5.97 Å². The topological polar surface area (TPSA) is 49.8 Å². The maximum Gasteiger partial charge on any atom is 0.304 e. The minimum absolute atomic E-state index is 0.0383. The van der Waals surface area contributed by atoms with E-state index in [1.54, 1.807) is 0 Å². The first kappa shape index (κ1) is 19.9. The Kier molecular flexibility index (Phi) is 6.91. The lowest BCUT2D eigenvalue weighted by atomic mass is 10.0. The summed E-state index contributed by atoms with van der Waals surface area (Å²) in [5, 5.41) is 10.1. The van der Waals surface area contributed by atoms with Crippen molar-refractivity contribution in [3.05, 3.63) is 69.2 Å². The molecule has 1 atom stereocenters. The Hall–Kier alpha value is -1.85. The standard InChI is InChI=1S/C21H21Cl2NO3/c22-18-2-1-3-19(23)17(18)9-6-15-4-7-16(8-5-15)20-14-24(12-13-27-20)11-10-21(25)26/h1-9,20H,10-14H2,(H,25,26). The van der Waals surface area contributed by atoms with E-state index in [2.05, 4.69) is 4.90 Å². The molecule has 0 aliphatic carbocycles. The second kappa shape index (κ2) is 9.38. The van der Waals surface area contributed by atoms with Crippen molar-refractivity contribution in [1.82, 2.24) is 4.90 Å². The van der Waals surface area contributed by atoms with Crippen LogP contribution in [0.25, 0.3) is 12.2 Å². The number of ether oxygens (including phenoxy) is 1. The highest BCUT2D eigenvalue weighted by Gasteiger charge is 2.22. The van der Waals surface area contributed by atoms with Crippen LogP contribution in [0.3, 0.4) is 0 Å². The maximum absolute atomic E-state index is 10.8. The summed E-state index contributed by atoms with van der Waals surface area (Å²) in [6, 6.07) is 13.6. The lowest BCUT2D eigenvalue weighted by Gasteiger charge is -2.32. The number of halogens is 2. The molecule has 0 spiro atoms. The van der Waals surface area contributed by atoms with Gasteiger partial charge in [0.25, 0.3) is 0 Å². The van der Waals surface area contributed by atoms with Crippen molar-refractivity contribution < 1.29 is 14.6 Å². The monoisotopic (exact) mass is 405 g/mol. The summed E-state index contributed by atoms with van der Waals surface area (Å²) in [6.07, 6.45) is 3.99. The number of nitrogens with zero attached hydrogens (tertiary/aromatic N) is 1. The minimum Gasteiger partial charge on any atom is -0.481 e. The molecule has 1 saturated heterocycles. The summed E-state index contributed by atoms with van der Waals surface area (Å²) in [4.78, 5) is 12.9. The van der Waals surface area contributed by atoms with Crippen LogP contribution in [0.4, 0.5) is 0 Å². The fourth-order valence-corrected chi connectivity index (χ4v) is 3.56. The van der Waals surface area contributed by atoms with E-state index in [9.17, 15) is 4.79 Å². The first-order valence-corrected chi connectivity index (χ1v) is 9.56. The lowest BCUT2D eigenvalue weighted by Crippen LogP contribution is -2.39. The molecule has 1 aliphatic heterocycles. The van der Waals surface area contributed by atoms with E-state index in [1.165, 1.54) is 0 Å². The average molecular weight is 406 g/mol. The van der Waals surface area contributed by atoms with Crippen molar-refractivity contribution in [2.75, 3.05) is 26.2 Å². The highest BCUT2D eigenvalue weighted by atomic mass is 35.5. The Labute approximate surface area is 169 Å². The zero-order chi connectivity index (χ0) is 19.2. The molecule has 0 amide bonds. The summed E-state index contributed by atoms with van der Waals surface area (Å²) >= 11 is 12.4. The van der Waals surface area contributed by atoms with Gasteiger partial charge in [-0.3, -0.25) is 9.69 Å². The largest absolute Gasteiger partial charge is 0.481 e. The van der Waals surface area contributed by atoms with Gasteiger partial charge in [0.05, 0.1) is 19.1 Å². The van der Waals surface area contributed by atoms with E-state index in [0.717, 1.165) is 23.2 Å². The van der Waals surface area contributed by atoms with E-state index in [-0.39, 0.29) is 12.5 Å². The van der Waals surface area contributed by atoms with E-state index < -0.39 is 5.97 Å². The highest BCUT2D eigenvalue weighted by molar-refractivity contribution is 6.37. The van der Waals surface area contributed by atoms with Crippen LogP contribution < -0.4 is 0 Å². The Bertz CT molecular complexity index is 800. The molecule has 2 aromatic carbocycles. The quantitative estimate of drug-likeness (QED) is 0.685. The summed E-state index contributed by atoms with van der Waals surface area (Å²) in [5.74, 6) is -0.771. The van der Waals surface area contributed by atoms with Crippen LogP contribution >= 0.6 is 23.2 Å². The molecule has 0 bridgehead atoms. The zero-order valence-corrected chi connectivity index (χ0v) is 16.3. The van der Waals surface area contributed by atoms with E-state index in [4.69, 9.17) is 33.0 Å². The Balaban J connectivity index is 1.64. The summed E-state index contributed by atoms with van der Waals surface area (Å²) in [6.45, 7) is 2.63. The third-order valence-corrected chi connectivity index (χ3v) is 5.20. The summed E-state index contributed by atoms with van der Waals surface area (Å²) in [5.41, 5.74) is 2.92. The van der Waals surface area contributed by atoms with Crippen LogP contribution in [0, 0.1) is 0 Å². The second-order valence-electron chi connectivity index (χ2n) is 6.44. The molecule has 1 N–H and O–H groups in total. The Morgan fingerprint density at radius 1 is 1.15 bits per heavy atom. The number of morpholine rings is 1. The van der Waals surface area contributed by atoms with E-state index >= 15 is 0 Å². The molecule has 0 aromatic heterocycles. The molecule has 6 heteroatoms. The maximum atomic E-state index is 10.8. The van der Waals surface area contributed by atoms with E-state index in [1.807, 2.05) is 54.6 Å². The molecular weight excluding hydrogens is 385 g/mol. The van der Waals surface area contributed by atoms with Crippen molar-refractivity contribution in [2.45, 2.75) is 12.5 Å². The Morgan fingerprint density at radius 2 is 1.85 bits per heavy atom. The van der Waals surface area contributed by atoms with Crippen molar-refractivity contribution in [1.29, 1.82) is 0 Å². The molecule has 2 aromatic rings. The van der Waals surface area contributed by atoms with Crippen LogP contribution in [0.1, 0.15) is 29.2 Å². The predicted molar refractivity (Wildman–Crippen MR) is 109 cm³/mol. The fourth-order valence-electron chi connectivity index (χ4n) is 3.03. The summed E-state index contributed by atoms with van der Waals surface area (Å²) < 4.78 is 5.86. The first-order valence-electron chi connectivity index (χ1n) is 8.81. The van der Waals surface area contributed by atoms with Gasteiger partial charge in [0.1, 0.15) is 0 Å². The van der Waals surface area contributed by atoms with Gasteiger partial charge in [0.15, 0.2) is 0 Å². The van der Waals surface area contributed by atoms with E-state index in [0.29, 0.717) is 29.7 Å². The SMILES string of the molecule is O=C(O)CCN1CCOC(c2ccc(C=Cc3c(Cl)cccc3Cl)cc2)C1. The minimum atomic E-state index is -0.771. The molecule has 4 nitrogen and oxygen atoms in total. The Morgan fingerprint density at radius 3 is 2.52 bits per heavy atom. The lowest BCUT2D eigenvalue weighted by molar-refractivity contribution is -0.137. The van der Waals surface area contributed by atoms with Crippen LogP contribution in [0.5, 0.6) is 0 Å². The molecule has 27 heavy (non-hydrogen) atoms. The van der Waals surface area contributed by atoms with Gasteiger partial charge in [0.2, 0.25) is 0 Å². The molecule has 0 radical (unpaired) electrons.